The van der Waals surface area contributed by atoms with Gasteiger partial charge in [-0.3, -0.25) is 9.59 Å². The van der Waals surface area contributed by atoms with Crippen LogP contribution in [0.1, 0.15) is 46.1 Å². The van der Waals surface area contributed by atoms with Gasteiger partial charge in [0.25, 0.3) is 11.8 Å². The first-order valence-electron chi connectivity index (χ1n) is 12.3. The smallest absolute Gasteiger partial charge is 0.371 e. The van der Waals surface area contributed by atoms with E-state index in [1.54, 1.807) is 28.5 Å². The quantitative estimate of drug-likeness (QED) is 0.146. The Morgan fingerprint density at radius 2 is 1.60 bits per heavy atom. The van der Waals surface area contributed by atoms with Crippen molar-refractivity contribution in [2.45, 2.75) is 32.1 Å². The molecule has 214 valence electrons. The fourth-order valence-corrected chi connectivity index (χ4v) is 4.39. The first-order valence-corrected chi connectivity index (χ1v) is 13.2. The van der Waals surface area contributed by atoms with Crippen LogP contribution < -0.4 is 15.5 Å². The lowest BCUT2D eigenvalue weighted by atomic mass is 10.1. The van der Waals surface area contributed by atoms with Gasteiger partial charge in [0, 0.05) is 25.3 Å². The molecule has 1 aromatic heterocycles. The summed E-state index contributed by atoms with van der Waals surface area (Å²) in [5.41, 5.74) is -1.09. The molecule has 0 saturated carbocycles. The number of anilines is 1. The van der Waals surface area contributed by atoms with Gasteiger partial charge in [0.15, 0.2) is 0 Å². The molecule has 5 nitrogen and oxygen atoms in total. The first-order chi connectivity index (χ1) is 18.9. The minimum absolute atomic E-state index is 0.136. The number of nitrogens with one attached hydrogen (secondary N) is 2. The maximum Gasteiger partial charge on any atom is 0.416 e. The molecule has 0 unspecified atom stereocenters. The predicted molar refractivity (Wildman–Crippen MR) is 143 cm³/mol. The summed E-state index contributed by atoms with van der Waals surface area (Å²) >= 11 is 1.15. The van der Waals surface area contributed by atoms with Gasteiger partial charge in [-0.2, -0.15) is 26.3 Å². The Labute approximate surface area is 231 Å². The van der Waals surface area contributed by atoms with Crippen molar-refractivity contribution in [1.29, 1.82) is 0 Å². The number of thiophene rings is 1. The van der Waals surface area contributed by atoms with E-state index in [2.05, 4.69) is 10.6 Å². The highest BCUT2D eigenvalue weighted by Gasteiger charge is 2.31. The molecule has 2 amide bonds. The number of halogens is 6. The normalized spacial score (nSPS) is 12.2. The second-order valence-corrected chi connectivity index (χ2v) is 9.70. The molecule has 0 bridgehead atoms. The van der Waals surface area contributed by atoms with Gasteiger partial charge in [-0.25, -0.2) is 0 Å². The van der Waals surface area contributed by atoms with Gasteiger partial charge in [0.05, 0.1) is 16.0 Å². The molecule has 40 heavy (non-hydrogen) atoms. The van der Waals surface area contributed by atoms with Crippen LogP contribution in [0.3, 0.4) is 0 Å². The van der Waals surface area contributed by atoms with Crippen molar-refractivity contribution in [3.63, 3.8) is 0 Å². The lowest BCUT2D eigenvalue weighted by Crippen LogP contribution is -2.36. The van der Waals surface area contributed by atoms with Crippen LogP contribution in [0.4, 0.5) is 32.0 Å². The molecule has 0 radical (unpaired) electrons. The van der Waals surface area contributed by atoms with Gasteiger partial charge < -0.3 is 15.5 Å². The van der Waals surface area contributed by atoms with E-state index in [1.165, 1.54) is 24.3 Å². The van der Waals surface area contributed by atoms with E-state index in [4.69, 9.17) is 0 Å². The standard InChI is InChI=1S/C28H27F6N3O2S/c1-2-14-37(22-7-3-6-21(18-22)28(32,33)34)15-5-13-35-25(38)23(36-26(39)24-8-4-16-40-24)17-19-9-11-20(12-10-19)27(29,30)31/h3-4,6-12,16-18H,2,5,13-15H2,1H3,(H,35,38)(H,36,39)/b23-17-. The Kier molecular flexibility index (Phi) is 10.4. The van der Waals surface area contributed by atoms with Gasteiger partial charge in [-0.15, -0.1) is 11.3 Å². The van der Waals surface area contributed by atoms with Crippen molar-refractivity contribution in [2.75, 3.05) is 24.5 Å². The summed E-state index contributed by atoms with van der Waals surface area (Å²) in [6.07, 6.45) is -6.64. The van der Waals surface area contributed by atoms with E-state index in [-0.39, 0.29) is 17.8 Å². The Morgan fingerprint density at radius 3 is 2.20 bits per heavy atom. The SMILES string of the molecule is CCCN(CCCNC(=O)/C(=C/c1ccc(C(F)(F)F)cc1)NC(=O)c1cccs1)c1cccc(C(F)(F)F)c1. The van der Waals surface area contributed by atoms with Crippen molar-refractivity contribution in [3.05, 3.63) is 93.3 Å². The summed E-state index contributed by atoms with van der Waals surface area (Å²) in [4.78, 5) is 27.7. The first kappa shape index (κ1) is 30.7. The van der Waals surface area contributed by atoms with Crippen LogP contribution in [0.5, 0.6) is 0 Å². The predicted octanol–water partition coefficient (Wildman–Crippen LogP) is 6.98. The fourth-order valence-electron chi connectivity index (χ4n) is 3.77. The minimum atomic E-state index is -4.52. The van der Waals surface area contributed by atoms with E-state index in [0.717, 1.165) is 35.6 Å². The molecule has 0 spiro atoms. The minimum Gasteiger partial charge on any atom is -0.371 e. The third-order valence-electron chi connectivity index (χ3n) is 5.71. The number of nitrogens with zero attached hydrogens (tertiary/aromatic N) is 1. The van der Waals surface area contributed by atoms with Crippen molar-refractivity contribution >= 4 is 34.9 Å². The summed E-state index contributed by atoms with van der Waals surface area (Å²) in [6, 6.07) is 12.4. The third kappa shape index (κ3) is 8.87. The summed E-state index contributed by atoms with van der Waals surface area (Å²) in [7, 11) is 0. The topological polar surface area (TPSA) is 61.4 Å². The fraction of sp³-hybridized carbons (Fsp3) is 0.286. The van der Waals surface area contributed by atoms with Crippen LogP contribution in [0.25, 0.3) is 6.08 Å². The van der Waals surface area contributed by atoms with Crippen LogP contribution in [-0.2, 0) is 17.1 Å². The molecule has 3 rings (SSSR count). The van der Waals surface area contributed by atoms with Crippen LogP contribution in [0.15, 0.2) is 71.7 Å². The average molecular weight is 584 g/mol. The molecule has 0 aliphatic carbocycles. The number of amides is 2. The molecule has 0 aliphatic heterocycles. The van der Waals surface area contributed by atoms with Crippen LogP contribution in [0, 0.1) is 0 Å². The summed E-state index contributed by atoms with van der Waals surface area (Å²) < 4.78 is 78.2. The number of benzene rings is 2. The van der Waals surface area contributed by atoms with Crippen LogP contribution >= 0.6 is 11.3 Å². The molecule has 12 heteroatoms. The second-order valence-electron chi connectivity index (χ2n) is 8.75. The molecule has 2 aromatic carbocycles. The van der Waals surface area contributed by atoms with Crippen LogP contribution in [-0.4, -0.2) is 31.4 Å². The number of hydrogen-bond donors (Lipinski definition) is 2. The zero-order chi connectivity index (χ0) is 29.3. The van der Waals surface area contributed by atoms with Gasteiger partial charge in [-0.05, 0) is 66.3 Å². The molecule has 0 saturated heterocycles. The van der Waals surface area contributed by atoms with Gasteiger partial charge in [0.1, 0.15) is 5.70 Å². The zero-order valence-corrected chi connectivity index (χ0v) is 22.2. The zero-order valence-electron chi connectivity index (χ0n) is 21.4. The summed E-state index contributed by atoms with van der Waals surface area (Å²) in [6.45, 7) is 2.90. The van der Waals surface area contributed by atoms with Crippen LogP contribution in [0.2, 0.25) is 0 Å². The van der Waals surface area contributed by atoms with E-state index in [9.17, 15) is 35.9 Å². The number of hydrogen-bond acceptors (Lipinski definition) is 4. The number of carbonyl (C=O) groups excluding carboxylic acids is 2. The summed E-state index contributed by atoms with van der Waals surface area (Å²) in [5.74, 6) is -1.21. The van der Waals surface area contributed by atoms with E-state index in [0.29, 0.717) is 36.5 Å². The maximum absolute atomic E-state index is 13.1. The Balaban J connectivity index is 1.69. The lowest BCUT2D eigenvalue weighted by molar-refractivity contribution is -0.138. The molecule has 1 heterocycles. The Bertz CT molecular complexity index is 1300. The number of rotatable bonds is 11. The Morgan fingerprint density at radius 1 is 0.900 bits per heavy atom. The number of alkyl halides is 6. The van der Waals surface area contributed by atoms with Gasteiger partial charge in [0.2, 0.25) is 0 Å². The molecular weight excluding hydrogens is 556 g/mol. The second kappa shape index (κ2) is 13.5. The molecule has 2 N–H and O–H groups in total. The monoisotopic (exact) mass is 583 g/mol. The highest BCUT2D eigenvalue weighted by Crippen LogP contribution is 2.32. The summed E-state index contributed by atoms with van der Waals surface area (Å²) in [5, 5.41) is 6.86. The Hall–Kier alpha value is -3.80. The maximum atomic E-state index is 13.1. The highest BCUT2D eigenvalue weighted by molar-refractivity contribution is 7.12. The van der Waals surface area contributed by atoms with E-state index >= 15 is 0 Å². The van der Waals surface area contributed by atoms with Crippen molar-refractivity contribution in [2.24, 2.45) is 0 Å². The molecule has 0 aliphatic rings. The van der Waals surface area contributed by atoms with Crippen molar-refractivity contribution in [3.8, 4) is 0 Å². The third-order valence-corrected chi connectivity index (χ3v) is 6.58. The van der Waals surface area contributed by atoms with Crippen molar-refractivity contribution < 1.29 is 35.9 Å². The average Bonchev–Trinajstić information content (AvgIpc) is 3.45. The molecular formula is C28H27F6N3O2S. The van der Waals surface area contributed by atoms with E-state index < -0.39 is 35.3 Å². The largest absolute Gasteiger partial charge is 0.416 e. The molecule has 0 atom stereocenters. The van der Waals surface area contributed by atoms with Crippen molar-refractivity contribution in [1.82, 2.24) is 10.6 Å². The van der Waals surface area contributed by atoms with Gasteiger partial charge in [-0.1, -0.05) is 31.2 Å². The molecule has 0 fully saturated rings. The van der Waals surface area contributed by atoms with E-state index in [1.807, 2.05) is 6.92 Å². The lowest BCUT2D eigenvalue weighted by Gasteiger charge is -2.25. The van der Waals surface area contributed by atoms with Gasteiger partial charge >= 0.3 is 12.4 Å². The number of carbonyl (C=O) groups is 2. The molecule has 3 aromatic rings. The highest BCUT2D eigenvalue weighted by atomic mass is 32.1.